The lowest BCUT2D eigenvalue weighted by atomic mass is 9.70. The lowest BCUT2D eigenvalue weighted by Gasteiger charge is -2.48. The van der Waals surface area contributed by atoms with E-state index in [4.69, 9.17) is 4.74 Å². The molecule has 0 radical (unpaired) electrons. The van der Waals surface area contributed by atoms with Gasteiger partial charge in [0.15, 0.2) is 0 Å². The summed E-state index contributed by atoms with van der Waals surface area (Å²) in [7, 11) is 0. The third-order valence-corrected chi connectivity index (χ3v) is 3.46. The van der Waals surface area contributed by atoms with E-state index in [1.165, 1.54) is 0 Å². The highest BCUT2D eigenvalue weighted by molar-refractivity contribution is 5.69. The standard InChI is InChI=1S/C12H21NO3/c1-12(2,3)16-11(15)13-6-8(7-13)9-4-5-10(9)14/h8-10,14H,4-7H2,1-3H3. The van der Waals surface area contributed by atoms with Gasteiger partial charge in [-0.15, -0.1) is 0 Å². The Hall–Kier alpha value is -0.770. The SMILES string of the molecule is CC(C)(C)OC(=O)N1CC(C2CCC2O)C1. The van der Waals surface area contributed by atoms with Crippen LogP contribution in [-0.4, -0.2) is 40.9 Å². The number of nitrogens with zero attached hydrogens (tertiary/aromatic N) is 1. The maximum absolute atomic E-state index is 11.6. The third kappa shape index (κ3) is 2.32. The smallest absolute Gasteiger partial charge is 0.410 e. The summed E-state index contributed by atoms with van der Waals surface area (Å²) in [6.45, 7) is 7.11. The Morgan fingerprint density at radius 2 is 1.94 bits per heavy atom. The molecule has 0 bridgehead atoms. The molecule has 2 unspecified atom stereocenters. The number of aliphatic hydroxyl groups is 1. The zero-order valence-electron chi connectivity index (χ0n) is 10.3. The molecule has 2 fully saturated rings. The van der Waals surface area contributed by atoms with E-state index in [2.05, 4.69) is 0 Å². The number of rotatable bonds is 1. The fraction of sp³-hybridized carbons (Fsp3) is 0.917. The quantitative estimate of drug-likeness (QED) is 0.740. The summed E-state index contributed by atoms with van der Waals surface area (Å²) < 4.78 is 5.27. The third-order valence-electron chi connectivity index (χ3n) is 3.46. The van der Waals surface area contributed by atoms with Crippen molar-refractivity contribution < 1.29 is 14.6 Å². The Morgan fingerprint density at radius 3 is 2.31 bits per heavy atom. The number of amides is 1. The van der Waals surface area contributed by atoms with Crippen LogP contribution in [0.15, 0.2) is 0 Å². The second-order valence-electron chi connectivity index (χ2n) is 5.95. The Labute approximate surface area is 96.6 Å². The van der Waals surface area contributed by atoms with Crippen LogP contribution in [0.1, 0.15) is 33.6 Å². The molecule has 92 valence electrons. The molecule has 1 N–H and O–H groups in total. The van der Waals surface area contributed by atoms with E-state index in [9.17, 15) is 9.90 Å². The first-order chi connectivity index (χ1) is 7.37. The van der Waals surface area contributed by atoms with Gasteiger partial charge in [-0.3, -0.25) is 0 Å². The second-order valence-corrected chi connectivity index (χ2v) is 5.95. The molecule has 16 heavy (non-hydrogen) atoms. The average molecular weight is 227 g/mol. The minimum absolute atomic E-state index is 0.134. The summed E-state index contributed by atoms with van der Waals surface area (Å²) in [6, 6.07) is 0. The van der Waals surface area contributed by atoms with Crippen LogP contribution in [0.4, 0.5) is 4.79 Å². The first kappa shape index (κ1) is 11.7. The van der Waals surface area contributed by atoms with Gasteiger partial charge in [0.05, 0.1) is 6.10 Å². The maximum Gasteiger partial charge on any atom is 0.410 e. The summed E-state index contributed by atoms with van der Waals surface area (Å²) in [4.78, 5) is 13.4. The first-order valence-corrected chi connectivity index (χ1v) is 6.03. The number of carbonyl (C=O) groups is 1. The van der Waals surface area contributed by atoms with Crippen LogP contribution >= 0.6 is 0 Å². The van der Waals surface area contributed by atoms with E-state index in [0.29, 0.717) is 11.8 Å². The Balaban J connectivity index is 1.73. The van der Waals surface area contributed by atoms with Crippen LogP contribution in [0.2, 0.25) is 0 Å². The number of hydrogen-bond donors (Lipinski definition) is 1. The van der Waals surface area contributed by atoms with Gasteiger partial charge in [-0.1, -0.05) is 0 Å². The molecular formula is C12H21NO3. The monoisotopic (exact) mass is 227 g/mol. The molecule has 1 aliphatic heterocycles. The first-order valence-electron chi connectivity index (χ1n) is 6.03. The van der Waals surface area contributed by atoms with Crippen molar-refractivity contribution in [2.75, 3.05) is 13.1 Å². The molecule has 0 aromatic rings. The van der Waals surface area contributed by atoms with Crippen molar-refractivity contribution in [3.05, 3.63) is 0 Å². The van der Waals surface area contributed by atoms with Crippen molar-refractivity contribution >= 4 is 6.09 Å². The van der Waals surface area contributed by atoms with E-state index in [-0.39, 0.29) is 12.2 Å². The van der Waals surface area contributed by atoms with Gasteiger partial charge in [-0.05, 0) is 45.4 Å². The Bertz CT molecular complexity index is 278. The van der Waals surface area contributed by atoms with Crippen molar-refractivity contribution in [2.24, 2.45) is 11.8 Å². The van der Waals surface area contributed by atoms with Gasteiger partial charge in [-0.2, -0.15) is 0 Å². The summed E-state index contributed by atoms with van der Waals surface area (Å²) in [5.41, 5.74) is -0.418. The average Bonchev–Trinajstić information content (AvgIpc) is 2.04. The molecule has 0 aromatic heterocycles. The fourth-order valence-electron chi connectivity index (χ4n) is 2.32. The summed E-state index contributed by atoms with van der Waals surface area (Å²) >= 11 is 0. The van der Waals surface area contributed by atoms with Gasteiger partial charge in [-0.25, -0.2) is 4.79 Å². The lowest BCUT2D eigenvalue weighted by molar-refractivity contribution is -0.0672. The molecule has 2 atom stereocenters. The van der Waals surface area contributed by atoms with Crippen molar-refractivity contribution in [3.8, 4) is 0 Å². The van der Waals surface area contributed by atoms with Gasteiger partial charge in [0, 0.05) is 13.1 Å². The van der Waals surface area contributed by atoms with Gasteiger partial charge in [0.1, 0.15) is 5.60 Å². The van der Waals surface area contributed by atoms with Gasteiger partial charge >= 0.3 is 6.09 Å². The van der Waals surface area contributed by atoms with Crippen molar-refractivity contribution in [1.82, 2.24) is 4.90 Å². The highest BCUT2D eigenvalue weighted by Gasteiger charge is 2.44. The second kappa shape index (κ2) is 3.91. The van der Waals surface area contributed by atoms with Crippen LogP contribution in [0.3, 0.4) is 0 Å². The highest BCUT2D eigenvalue weighted by atomic mass is 16.6. The maximum atomic E-state index is 11.6. The van der Waals surface area contributed by atoms with Crippen LogP contribution in [0.25, 0.3) is 0 Å². The molecule has 1 amide bonds. The number of likely N-dealkylation sites (tertiary alicyclic amines) is 1. The zero-order valence-corrected chi connectivity index (χ0v) is 10.3. The molecule has 0 spiro atoms. The number of hydrogen-bond acceptors (Lipinski definition) is 3. The summed E-state index contributed by atoms with van der Waals surface area (Å²) in [6.07, 6.45) is 1.67. The normalized spacial score (nSPS) is 30.6. The van der Waals surface area contributed by atoms with Crippen LogP contribution in [-0.2, 0) is 4.74 Å². The summed E-state index contributed by atoms with van der Waals surface area (Å²) in [5.74, 6) is 0.898. The molecule has 1 saturated carbocycles. The van der Waals surface area contributed by atoms with E-state index in [0.717, 1.165) is 25.9 Å². The molecule has 1 heterocycles. The molecule has 4 nitrogen and oxygen atoms in total. The Kier molecular flexibility index (Phi) is 2.86. The van der Waals surface area contributed by atoms with Crippen molar-refractivity contribution in [3.63, 3.8) is 0 Å². The summed E-state index contributed by atoms with van der Waals surface area (Å²) in [5, 5.41) is 9.52. The zero-order chi connectivity index (χ0) is 11.9. The van der Waals surface area contributed by atoms with E-state index >= 15 is 0 Å². The number of carbonyl (C=O) groups excluding carboxylic acids is 1. The fourth-order valence-corrected chi connectivity index (χ4v) is 2.32. The van der Waals surface area contributed by atoms with E-state index < -0.39 is 5.60 Å². The van der Waals surface area contributed by atoms with E-state index in [1.54, 1.807) is 4.90 Å². The van der Waals surface area contributed by atoms with Gasteiger partial charge in [0.25, 0.3) is 0 Å². The molecule has 4 heteroatoms. The molecular weight excluding hydrogens is 206 g/mol. The van der Waals surface area contributed by atoms with Crippen molar-refractivity contribution in [2.45, 2.75) is 45.3 Å². The highest BCUT2D eigenvalue weighted by Crippen LogP contribution is 2.38. The van der Waals surface area contributed by atoms with Crippen LogP contribution in [0, 0.1) is 11.8 Å². The molecule has 2 rings (SSSR count). The van der Waals surface area contributed by atoms with Crippen LogP contribution in [0.5, 0.6) is 0 Å². The molecule has 1 aliphatic carbocycles. The minimum atomic E-state index is -0.418. The van der Waals surface area contributed by atoms with Crippen molar-refractivity contribution in [1.29, 1.82) is 0 Å². The molecule has 2 aliphatic rings. The topological polar surface area (TPSA) is 49.8 Å². The van der Waals surface area contributed by atoms with Crippen LogP contribution < -0.4 is 0 Å². The largest absolute Gasteiger partial charge is 0.444 e. The van der Waals surface area contributed by atoms with Gasteiger partial charge in [0.2, 0.25) is 0 Å². The predicted octanol–water partition coefficient (Wildman–Crippen LogP) is 1.62. The lowest BCUT2D eigenvalue weighted by Crippen LogP contribution is -2.57. The van der Waals surface area contributed by atoms with Gasteiger partial charge < -0.3 is 14.7 Å². The minimum Gasteiger partial charge on any atom is -0.444 e. The number of ether oxygens (including phenoxy) is 1. The van der Waals surface area contributed by atoms with E-state index in [1.807, 2.05) is 20.8 Å². The molecule has 0 aromatic carbocycles. The number of aliphatic hydroxyl groups excluding tert-OH is 1. The molecule has 1 saturated heterocycles. The predicted molar refractivity (Wildman–Crippen MR) is 60.0 cm³/mol. The Morgan fingerprint density at radius 1 is 1.31 bits per heavy atom.